The van der Waals surface area contributed by atoms with Gasteiger partial charge in [-0.2, -0.15) is 0 Å². The van der Waals surface area contributed by atoms with Gasteiger partial charge in [0.05, 0.1) is 35.3 Å². The van der Waals surface area contributed by atoms with Crippen molar-refractivity contribution in [3.8, 4) is 5.75 Å². The van der Waals surface area contributed by atoms with E-state index in [4.69, 9.17) is 18.9 Å². The standard InChI is InChI=1S/C28H24N2O5/c1-2-33-24-12-6-5-11-23(24)29-25(31)17-35-28(32)26-20-9-3-4-10-22(20)30-27-18(13-14-21(26)27)16-19-8-7-15-34-19/h3-12,15-16H,2,13-14,17H2,1H3,(H,29,31)/b18-16+. The molecule has 176 valence electrons. The summed E-state index contributed by atoms with van der Waals surface area (Å²) < 4.78 is 16.5. The van der Waals surface area contributed by atoms with E-state index >= 15 is 0 Å². The van der Waals surface area contributed by atoms with Gasteiger partial charge in [0, 0.05) is 5.39 Å². The molecule has 2 aromatic carbocycles. The van der Waals surface area contributed by atoms with Crippen LogP contribution in [0.25, 0.3) is 22.6 Å². The second-order valence-electron chi connectivity index (χ2n) is 8.07. The van der Waals surface area contributed by atoms with E-state index in [2.05, 4.69) is 5.32 Å². The molecule has 0 saturated heterocycles. The molecule has 0 unspecified atom stereocenters. The molecule has 4 aromatic rings. The van der Waals surface area contributed by atoms with Crippen LogP contribution in [0.2, 0.25) is 0 Å². The van der Waals surface area contributed by atoms with E-state index in [1.54, 1.807) is 24.5 Å². The summed E-state index contributed by atoms with van der Waals surface area (Å²) in [4.78, 5) is 30.7. The number of allylic oxidation sites excluding steroid dienone is 1. The van der Waals surface area contributed by atoms with Crippen molar-refractivity contribution in [2.24, 2.45) is 0 Å². The average Bonchev–Trinajstić information content (AvgIpc) is 3.53. The van der Waals surface area contributed by atoms with Crippen molar-refractivity contribution < 1.29 is 23.5 Å². The Morgan fingerprint density at radius 2 is 1.89 bits per heavy atom. The number of furan rings is 1. The monoisotopic (exact) mass is 468 g/mol. The first-order valence-electron chi connectivity index (χ1n) is 11.5. The van der Waals surface area contributed by atoms with Crippen LogP contribution < -0.4 is 10.1 Å². The van der Waals surface area contributed by atoms with Gasteiger partial charge in [-0.25, -0.2) is 9.78 Å². The maximum atomic E-state index is 13.3. The van der Waals surface area contributed by atoms with Crippen molar-refractivity contribution in [1.29, 1.82) is 0 Å². The zero-order chi connectivity index (χ0) is 24.2. The third kappa shape index (κ3) is 4.66. The van der Waals surface area contributed by atoms with Crippen LogP contribution in [0.3, 0.4) is 0 Å². The summed E-state index contributed by atoms with van der Waals surface area (Å²) in [5.41, 5.74) is 4.27. The minimum atomic E-state index is -0.549. The topological polar surface area (TPSA) is 90.7 Å². The van der Waals surface area contributed by atoms with Crippen LogP contribution in [0.1, 0.15) is 40.7 Å². The molecule has 7 heteroatoms. The van der Waals surface area contributed by atoms with Gasteiger partial charge >= 0.3 is 5.97 Å². The zero-order valence-corrected chi connectivity index (χ0v) is 19.2. The maximum Gasteiger partial charge on any atom is 0.339 e. The quantitative estimate of drug-likeness (QED) is 0.360. The second kappa shape index (κ2) is 9.85. The number of hydrogen-bond donors (Lipinski definition) is 1. The summed E-state index contributed by atoms with van der Waals surface area (Å²) in [7, 11) is 0. The molecule has 0 radical (unpaired) electrons. The fourth-order valence-corrected chi connectivity index (χ4v) is 4.30. The number of nitrogens with zero attached hydrogens (tertiary/aromatic N) is 1. The van der Waals surface area contributed by atoms with E-state index in [0.29, 0.717) is 40.9 Å². The molecule has 1 aliphatic rings. The molecule has 0 fully saturated rings. The van der Waals surface area contributed by atoms with Crippen LogP contribution in [0.5, 0.6) is 5.75 Å². The highest BCUT2D eigenvalue weighted by Gasteiger charge is 2.28. The van der Waals surface area contributed by atoms with E-state index in [0.717, 1.165) is 29.0 Å². The Hall–Kier alpha value is -4.39. The van der Waals surface area contributed by atoms with Gasteiger partial charge in [-0.15, -0.1) is 0 Å². The molecule has 0 bridgehead atoms. The lowest BCUT2D eigenvalue weighted by atomic mass is 10.0. The summed E-state index contributed by atoms with van der Waals surface area (Å²) in [5, 5.41) is 3.46. The van der Waals surface area contributed by atoms with Gasteiger partial charge in [-0.3, -0.25) is 4.79 Å². The van der Waals surface area contributed by atoms with E-state index in [-0.39, 0.29) is 0 Å². The van der Waals surface area contributed by atoms with E-state index < -0.39 is 18.5 Å². The molecule has 1 N–H and O–H groups in total. The molecule has 1 aliphatic carbocycles. The molecule has 35 heavy (non-hydrogen) atoms. The fraction of sp³-hybridized carbons (Fsp3) is 0.179. The molecular formula is C28H24N2O5. The first-order valence-corrected chi connectivity index (χ1v) is 11.5. The minimum absolute atomic E-state index is 0.417. The number of ether oxygens (including phenoxy) is 2. The lowest BCUT2D eigenvalue weighted by Crippen LogP contribution is -2.22. The van der Waals surface area contributed by atoms with Gasteiger partial charge in [0.1, 0.15) is 11.5 Å². The summed E-state index contributed by atoms with van der Waals surface area (Å²) in [5.74, 6) is 0.297. The van der Waals surface area contributed by atoms with Crippen molar-refractivity contribution in [3.05, 3.63) is 89.5 Å². The van der Waals surface area contributed by atoms with Gasteiger partial charge in [-0.05, 0) is 67.3 Å². The smallest absolute Gasteiger partial charge is 0.339 e. The number of pyridine rings is 1. The largest absolute Gasteiger partial charge is 0.492 e. The third-order valence-corrected chi connectivity index (χ3v) is 5.80. The fourth-order valence-electron chi connectivity index (χ4n) is 4.30. The lowest BCUT2D eigenvalue weighted by Gasteiger charge is -2.13. The Morgan fingerprint density at radius 1 is 1.06 bits per heavy atom. The molecule has 2 aromatic heterocycles. The summed E-state index contributed by atoms with van der Waals surface area (Å²) >= 11 is 0. The normalized spacial score (nSPS) is 13.6. The Morgan fingerprint density at radius 3 is 2.71 bits per heavy atom. The number of nitrogens with one attached hydrogen (secondary N) is 1. The maximum absolute atomic E-state index is 13.3. The van der Waals surface area contributed by atoms with Crippen LogP contribution in [0, 0.1) is 0 Å². The van der Waals surface area contributed by atoms with Crippen molar-refractivity contribution >= 4 is 40.1 Å². The average molecular weight is 469 g/mol. The molecule has 2 heterocycles. The number of amides is 1. The number of carbonyl (C=O) groups excluding carboxylic acids is 2. The Balaban J connectivity index is 1.40. The van der Waals surface area contributed by atoms with Gasteiger partial charge in [-0.1, -0.05) is 30.3 Å². The summed E-state index contributed by atoms with van der Waals surface area (Å²) in [6.45, 7) is 1.92. The lowest BCUT2D eigenvalue weighted by molar-refractivity contribution is -0.119. The predicted octanol–water partition coefficient (Wildman–Crippen LogP) is 5.51. The van der Waals surface area contributed by atoms with Gasteiger partial charge in [0.2, 0.25) is 0 Å². The van der Waals surface area contributed by atoms with Crippen molar-refractivity contribution in [3.63, 3.8) is 0 Å². The van der Waals surface area contributed by atoms with Gasteiger partial charge in [0.25, 0.3) is 5.91 Å². The highest BCUT2D eigenvalue weighted by Crippen LogP contribution is 2.37. The second-order valence-corrected chi connectivity index (χ2v) is 8.07. The first kappa shape index (κ1) is 22.4. The minimum Gasteiger partial charge on any atom is -0.492 e. The molecule has 0 saturated carbocycles. The number of carbonyl (C=O) groups is 2. The zero-order valence-electron chi connectivity index (χ0n) is 19.2. The van der Waals surface area contributed by atoms with Crippen molar-refractivity contribution in [1.82, 2.24) is 4.98 Å². The molecule has 0 aliphatic heterocycles. The number of benzene rings is 2. The van der Waals surface area contributed by atoms with E-state index in [1.165, 1.54) is 0 Å². The molecule has 1 amide bonds. The number of esters is 1. The summed E-state index contributed by atoms with van der Waals surface area (Å²) in [6.07, 6.45) is 4.95. The number of rotatable bonds is 7. The number of anilines is 1. The SMILES string of the molecule is CCOc1ccccc1NC(=O)COC(=O)c1c2c(nc3ccccc13)/C(=C/c1ccco1)CC2. The van der Waals surface area contributed by atoms with Gasteiger partial charge in [0.15, 0.2) is 6.61 Å². The predicted molar refractivity (Wildman–Crippen MR) is 133 cm³/mol. The summed E-state index contributed by atoms with van der Waals surface area (Å²) in [6, 6.07) is 18.3. The molecule has 7 nitrogen and oxygen atoms in total. The van der Waals surface area contributed by atoms with Crippen LogP contribution in [-0.2, 0) is 16.0 Å². The van der Waals surface area contributed by atoms with Crippen LogP contribution in [-0.4, -0.2) is 30.1 Å². The van der Waals surface area contributed by atoms with Crippen molar-refractivity contribution in [2.45, 2.75) is 19.8 Å². The molecular weight excluding hydrogens is 444 g/mol. The first-order chi connectivity index (χ1) is 17.1. The van der Waals surface area contributed by atoms with E-state index in [1.807, 2.05) is 55.5 Å². The Kier molecular flexibility index (Phi) is 6.30. The van der Waals surface area contributed by atoms with E-state index in [9.17, 15) is 9.59 Å². The van der Waals surface area contributed by atoms with Crippen molar-refractivity contribution in [2.75, 3.05) is 18.5 Å². The third-order valence-electron chi connectivity index (χ3n) is 5.80. The van der Waals surface area contributed by atoms with Crippen LogP contribution in [0.15, 0.2) is 71.3 Å². The van der Waals surface area contributed by atoms with Gasteiger partial charge < -0.3 is 19.2 Å². The molecule has 0 atom stereocenters. The Labute approximate surface area is 202 Å². The number of fused-ring (bicyclic) bond motifs is 2. The highest BCUT2D eigenvalue weighted by atomic mass is 16.5. The molecule has 0 spiro atoms. The van der Waals surface area contributed by atoms with Crippen LogP contribution >= 0.6 is 0 Å². The highest BCUT2D eigenvalue weighted by molar-refractivity contribution is 6.08. The Bertz CT molecular complexity index is 1420. The number of para-hydroxylation sites is 3. The number of hydrogen-bond acceptors (Lipinski definition) is 6. The number of aromatic nitrogens is 1. The molecule has 5 rings (SSSR count). The van der Waals surface area contributed by atoms with Crippen LogP contribution in [0.4, 0.5) is 5.69 Å².